The van der Waals surface area contributed by atoms with Crippen molar-refractivity contribution in [3.63, 3.8) is 0 Å². The zero-order valence-electron chi connectivity index (χ0n) is 13.2. The average molecular weight is 303 g/mol. The minimum Gasteiger partial charge on any atom is -0.337 e. The van der Waals surface area contributed by atoms with Gasteiger partial charge in [-0.2, -0.15) is 0 Å². The zero-order chi connectivity index (χ0) is 13.8. The lowest BCUT2D eigenvalue weighted by atomic mass is 9.82. The molecule has 0 spiro atoms. The summed E-state index contributed by atoms with van der Waals surface area (Å²) in [5.74, 6) is 1.38. The first-order valence-electron chi connectivity index (χ1n) is 8.13. The molecule has 1 aliphatic carbocycles. The summed E-state index contributed by atoms with van der Waals surface area (Å²) in [7, 11) is 0. The molecule has 0 aromatic heterocycles. The summed E-state index contributed by atoms with van der Waals surface area (Å²) < 4.78 is 0. The van der Waals surface area contributed by atoms with E-state index < -0.39 is 0 Å². The standard InChI is InChI=1S/C16H30N2O.ClH/c1-12(11-15-7-5-4-6-8-15)16(19)18-10-9-17-13(2)14(18)3;/h12-15,17H,4-11H2,1-3H3;1H. The molecule has 0 radical (unpaired) electrons. The fourth-order valence-electron chi connectivity index (χ4n) is 3.67. The zero-order valence-corrected chi connectivity index (χ0v) is 14.0. The van der Waals surface area contributed by atoms with Crippen molar-refractivity contribution in [3.8, 4) is 0 Å². The van der Waals surface area contributed by atoms with E-state index in [4.69, 9.17) is 0 Å². The molecule has 0 aromatic carbocycles. The lowest BCUT2D eigenvalue weighted by Crippen LogP contribution is -2.58. The Bertz CT molecular complexity index is 305. The minimum absolute atomic E-state index is 0. The molecular weight excluding hydrogens is 272 g/mol. The lowest BCUT2D eigenvalue weighted by Gasteiger charge is -2.40. The Morgan fingerprint density at radius 3 is 2.55 bits per heavy atom. The van der Waals surface area contributed by atoms with E-state index in [-0.39, 0.29) is 18.3 Å². The van der Waals surface area contributed by atoms with E-state index >= 15 is 0 Å². The van der Waals surface area contributed by atoms with Gasteiger partial charge in [0.2, 0.25) is 5.91 Å². The molecule has 1 saturated heterocycles. The third-order valence-electron chi connectivity index (χ3n) is 5.15. The van der Waals surface area contributed by atoms with E-state index in [0.717, 1.165) is 25.4 Å². The number of hydrogen-bond acceptors (Lipinski definition) is 2. The van der Waals surface area contributed by atoms with E-state index in [0.29, 0.717) is 18.0 Å². The van der Waals surface area contributed by atoms with Gasteiger partial charge in [-0.15, -0.1) is 12.4 Å². The second-order valence-corrected chi connectivity index (χ2v) is 6.66. The number of nitrogens with zero attached hydrogens (tertiary/aromatic N) is 1. The van der Waals surface area contributed by atoms with Crippen molar-refractivity contribution in [2.24, 2.45) is 11.8 Å². The van der Waals surface area contributed by atoms with Gasteiger partial charge in [0.05, 0.1) is 0 Å². The van der Waals surface area contributed by atoms with Crippen molar-refractivity contribution >= 4 is 18.3 Å². The first kappa shape index (κ1) is 17.8. The highest BCUT2D eigenvalue weighted by Gasteiger charge is 2.31. The maximum absolute atomic E-state index is 12.6. The number of hydrogen-bond donors (Lipinski definition) is 1. The van der Waals surface area contributed by atoms with Crippen LogP contribution < -0.4 is 5.32 Å². The van der Waals surface area contributed by atoms with Crippen molar-refractivity contribution < 1.29 is 4.79 Å². The van der Waals surface area contributed by atoms with Gasteiger partial charge in [0.15, 0.2) is 0 Å². The number of nitrogens with one attached hydrogen (secondary N) is 1. The third-order valence-corrected chi connectivity index (χ3v) is 5.15. The van der Waals surface area contributed by atoms with Gasteiger partial charge in [-0.3, -0.25) is 4.79 Å². The highest BCUT2D eigenvalue weighted by molar-refractivity contribution is 5.85. The summed E-state index contributed by atoms with van der Waals surface area (Å²) in [6.45, 7) is 8.29. The maximum atomic E-state index is 12.6. The predicted molar refractivity (Wildman–Crippen MR) is 86.2 cm³/mol. The number of amides is 1. The number of carbonyl (C=O) groups is 1. The smallest absolute Gasteiger partial charge is 0.225 e. The van der Waals surface area contributed by atoms with Crippen LogP contribution in [-0.4, -0.2) is 36.0 Å². The molecule has 1 amide bonds. The van der Waals surface area contributed by atoms with Crippen LogP contribution in [0.25, 0.3) is 0 Å². The Kier molecular flexibility index (Phi) is 7.32. The number of piperazine rings is 1. The Morgan fingerprint density at radius 1 is 1.25 bits per heavy atom. The van der Waals surface area contributed by atoms with Crippen LogP contribution in [0, 0.1) is 11.8 Å². The Labute approximate surface area is 130 Å². The fraction of sp³-hybridized carbons (Fsp3) is 0.938. The van der Waals surface area contributed by atoms with Crippen LogP contribution in [0.3, 0.4) is 0 Å². The summed E-state index contributed by atoms with van der Waals surface area (Å²) >= 11 is 0. The van der Waals surface area contributed by atoms with Crippen LogP contribution in [0.4, 0.5) is 0 Å². The molecule has 20 heavy (non-hydrogen) atoms. The normalized spacial score (nSPS) is 29.6. The largest absolute Gasteiger partial charge is 0.337 e. The molecular formula is C16H31ClN2O. The van der Waals surface area contributed by atoms with Crippen molar-refractivity contribution in [3.05, 3.63) is 0 Å². The summed E-state index contributed by atoms with van der Waals surface area (Å²) in [6.07, 6.45) is 7.91. The summed E-state index contributed by atoms with van der Waals surface area (Å²) in [6, 6.07) is 0.745. The van der Waals surface area contributed by atoms with Crippen molar-refractivity contribution in [1.82, 2.24) is 10.2 Å². The van der Waals surface area contributed by atoms with Crippen LogP contribution in [0.2, 0.25) is 0 Å². The number of rotatable bonds is 3. The van der Waals surface area contributed by atoms with Crippen LogP contribution in [0.1, 0.15) is 59.3 Å². The van der Waals surface area contributed by atoms with E-state index in [2.05, 4.69) is 31.0 Å². The second-order valence-electron chi connectivity index (χ2n) is 6.66. The maximum Gasteiger partial charge on any atom is 0.225 e. The highest BCUT2D eigenvalue weighted by atomic mass is 35.5. The average Bonchev–Trinajstić information content (AvgIpc) is 2.42. The molecule has 0 bridgehead atoms. The molecule has 0 aromatic rings. The Hall–Kier alpha value is -0.280. The first-order valence-corrected chi connectivity index (χ1v) is 8.13. The van der Waals surface area contributed by atoms with Crippen molar-refractivity contribution in [2.45, 2.75) is 71.4 Å². The third kappa shape index (κ3) is 4.36. The predicted octanol–water partition coefficient (Wildman–Crippen LogP) is 3.22. The van der Waals surface area contributed by atoms with Gasteiger partial charge in [-0.25, -0.2) is 0 Å². The SMILES string of the molecule is CC(CC1CCCCC1)C(=O)N1CCNC(C)C1C.Cl. The molecule has 2 fully saturated rings. The van der Waals surface area contributed by atoms with E-state index in [1.807, 2.05) is 0 Å². The quantitative estimate of drug-likeness (QED) is 0.868. The van der Waals surface area contributed by atoms with Crippen LogP contribution >= 0.6 is 12.4 Å². The summed E-state index contributed by atoms with van der Waals surface area (Å²) in [5, 5.41) is 3.44. The molecule has 4 heteroatoms. The lowest BCUT2D eigenvalue weighted by molar-refractivity contribution is -0.139. The molecule has 3 atom stereocenters. The Balaban J connectivity index is 0.00000200. The molecule has 118 valence electrons. The highest BCUT2D eigenvalue weighted by Crippen LogP contribution is 2.30. The van der Waals surface area contributed by atoms with E-state index in [9.17, 15) is 4.79 Å². The molecule has 3 nitrogen and oxygen atoms in total. The molecule has 2 rings (SSSR count). The van der Waals surface area contributed by atoms with E-state index in [1.165, 1.54) is 32.1 Å². The number of halogens is 1. The monoisotopic (exact) mass is 302 g/mol. The van der Waals surface area contributed by atoms with Crippen LogP contribution in [-0.2, 0) is 4.79 Å². The minimum atomic E-state index is 0. The molecule has 2 aliphatic rings. The van der Waals surface area contributed by atoms with Gasteiger partial charge in [0.1, 0.15) is 0 Å². The number of carbonyl (C=O) groups excluding carboxylic acids is 1. The van der Waals surface area contributed by atoms with Gasteiger partial charge >= 0.3 is 0 Å². The van der Waals surface area contributed by atoms with Gasteiger partial charge in [-0.05, 0) is 26.2 Å². The molecule has 3 unspecified atom stereocenters. The molecule has 1 N–H and O–H groups in total. The van der Waals surface area contributed by atoms with Gasteiger partial charge in [0.25, 0.3) is 0 Å². The van der Waals surface area contributed by atoms with Gasteiger partial charge < -0.3 is 10.2 Å². The summed E-state index contributed by atoms with van der Waals surface area (Å²) in [4.78, 5) is 14.7. The topological polar surface area (TPSA) is 32.3 Å². The van der Waals surface area contributed by atoms with Crippen molar-refractivity contribution in [2.75, 3.05) is 13.1 Å². The Morgan fingerprint density at radius 2 is 1.90 bits per heavy atom. The molecule has 1 aliphatic heterocycles. The van der Waals surface area contributed by atoms with Crippen LogP contribution in [0.5, 0.6) is 0 Å². The summed E-state index contributed by atoms with van der Waals surface area (Å²) in [5.41, 5.74) is 0. The van der Waals surface area contributed by atoms with Crippen LogP contribution in [0.15, 0.2) is 0 Å². The molecule has 1 saturated carbocycles. The van der Waals surface area contributed by atoms with Gasteiger partial charge in [0, 0.05) is 31.1 Å². The molecule has 1 heterocycles. The van der Waals surface area contributed by atoms with E-state index in [1.54, 1.807) is 0 Å². The fourth-order valence-corrected chi connectivity index (χ4v) is 3.67. The van der Waals surface area contributed by atoms with Gasteiger partial charge in [-0.1, -0.05) is 39.0 Å². The van der Waals surface area contributed by atoms with Crippen molar-refractivity contribution in [1.29, 1.82) is 0 Å². The first-order chi connectivity index (χ1) is 9.09. The second kappa shape index (κ2) is 8.23.